The molecule has 0 bridgehead atoms. The zero-order valence-corrected chi connectivity index (χ0v) is 12.6. The molecule has 2 aliphatic carbocycles. The molecule has 5 nitrogen and oxygen atoms in total. The maximum atomic E-state index is 12.9. The van der Waals surface area contributed by atoms with E-state index in [4.69, 9.17) is 0 Å². The summed E-state index contributed by atoms with van der Waals surface area (Å²) in [5.74, 6) is 0.373. The minimum absolute atomic E-state index is 0.0260. The fraction of sp³-hybridized carbons (Fsp3) is 0.471. The third-order valence-electron chi connectivity index (χ3n) is 4.80. The lowest BCUT2D eigenvalue weighted by molar-refractivity contribution is 0.0645. The van der Waals surface area contributed by atoms with Crippen LogP contribution in [-0.4, -0.2) is 33.1 Å². The molecule has 2 saturated carbocycles. The highest BCUT2D eigenvalue weighted by Gasteiger charge is 2.42. The van der Waals surface area contributed by atoms with Crippen molar-refractivity contribution in [2.24, 2.45) is 5.92 Å². The van der Waals surface area contributed by atoms with Crippen LogP contribution in [0.5, 0.6) is 0 Å². The summed E-state index contributed by atoms with van der Waals surface area (Å²) in [5, 5.41) is 7.44. The van der Waals surface area contributed by atoms with Gasteiger partial charge in [-0.2, -0.15) is 5.10 Å². The number of benzene rings is 1. The number of rotatable bonds is 4. The number of aromatic nitrogens is 2. The number of H-pyrrole nitrogens is 1. The van der Waals surface area contributed by atoms with E-state index in [-0.39, 0.29) is 29.1 Å². The van der Waals surface area contributed by atoms with Gasteiger partial charge in [0, 0.05) is 17.5 Å². The Balaban J connectivity index is 1.75. The van der Waals surface area contributed by atoms with Crippen molar-refractivity contribution < 1.29 is 4.79 Å². The van der Waals surface area contributed by atoms with Gasteiger partial charge in [0.25, 0.3) is 5.91 Å². The van der Waals surface area contributed by atoms with E-state index in [1.807, 2.05) is 11.0 Å². The van der Waals surface area contributed by atoms with Crippen LogP contribution in [0.25, 0.3) is 10.9 Å². The molecular formula is C17H19N3O2. The summed E-state index contributed by atoms with van der Waals surface area (Å²) < 4.78 is 0. The fourth-order valence-electron chi connectivity index (χ4n) is 3.18. The number of aromatic amines is 1. The third kappa shape index (κ3) is 2.21. The molecule has 5 heteroatoms. The van der Waals surface area contributed by atoms with Crippen molar-refractivity contribution in [3.05, 3.63) is 40.2 Å². The SMILES string of the molecule is C[C@@H](C1CC1)N(C(=O)c1n[nH]c2ccccc2c1=O)C1CC1. The molecule has 22 heavy (non-hydrogen) atoms. The first-order chi connectivity index (χ1) is 10.7. The Hall–Kier alpha value is -2.17. The van der Waals surface area contributed by atoms with Gasteiger partial charge in [-0.1, -0.05) is 12.1 Å². The highest BCUT2D eigenvalue weighted by molar-refractivity contribution is 5.95. The molecule has 0 aliphatic heterocycles. The fourth-order valence-corrected chi connectivity index (χ4v) is 3.18. The molecule has 1 aromatic carbocycles. The maximum Gasteiger partial charge on any atom is 0.278 e. The average molecular weight is 297 g/mol. The van der Waals surface area contributed by atoms with Crippen molar-refractivity contribution in [1.29, 1.82) is 0 Å². The normalized spacial score (nSPS) is 19.1. The molecule has 1 amide bonds. The number of carbonyl (C=O) groups excluding carboxylic acids is 1. The molecule has 2 fully saturated rings. The van der Waals surface area contributed by atoms with Crippen molar-refractivity contribution in [1.82, 2.24) is 15.1 Å². The van der Waals surface area contributed by atoms with Gasteiger partial charge in [-0.3, -0.25) is 14.7 Å². The molecule has 4 rings (SSSR count). The van der Waals surface area contributed by atoms with E-state index >= 15 is 0 Å². The largest absolute Gasteiger partial charge is 0.331 e. The lowest BCUT2D eigenvalue weighted by Gasteiger charge is -2.29. The van der Waals surface area contributed by atoms with E-state index in [1.165, 1.54) is 12.8 Å². The number of nitrogens with zero attached hydrogens (tertiary/aromatic N) is 2. The standard InChI is InChI=1S/C17H19N3O2/c1-10(11-6-7-11)20(12-8-9-12)17(22)15-16(21)13-4-2-3-5-14(13)18-19-15/h2-5,10-12H,6-9H2,1H3,(H,18,21)/t10-/m0/s1. The molecule has 0 spiro atoms. The Morgan fingerprint density at radius 3 is 2.68 bits per heavy atom. The van der Waals surface area contributed by atoms with Crippen LogP contribution in [0.15, 0.2) is 29.1 Å². The van der Waals surface area contributed by atoms with E-state index in [1.54, 1.807) is 18.2 Å². The molecule has 2 aromatic rings. The highest BCUT2D eigenvalue weighted by atomic mass is 16.2. The maximum absolute atomic E-state index is 12.9. The van der Waals surface area contributed by atoms with Gasteiger partial charge in [0.05, 0.1) is 5.52 Å². The number of carbonyl (C=O) groups is 1. The number of hydrogen-bond donors (Lipinski definition) is 1. The van der Waals surface area contributed by atoms with Gasteiger partial charge in [-0.05, 0) is 50.7 Å². The van der Waals surface area contributed by atoms with Crippen LogP contribution >= 0.6 is 0 Å². The van der Waals surface area contributed by atoms with Crippen molar-refractivity contribution in [3.63, 3.8) is 0 Å². The topological polar surface area (TPSA) is 66.1 Å². The van der Waals surface area contributed by atoms with Crippen LogP contribution in [-0.2, 0) is 0 Å². The van der Waals surface area contributed by atoms with Gasteiger partial charge in [-0.15, -0.1) is 0 Å². The van der Waals surface area contributed by atoms with E-state index in [2.05, 4.69) is 17.1 Å². The second kappa shape index (κ2) is 4.93. The summed E-state index contributed by atoms with van der Waals surface area (Å²) in [6.45, 7) is 2.10. The van der Waals surface area contributed by atoms with Crippen LogP contribution in [0.4, 0.5) is 0 Å². The molecule has 1 aromatic heterocycles. The minimum Gasteiger partial charge on any atom is -0.331 e. The predicted octanol–water partition coefficient (Wildman–Crippen LogP) is 2.33. The van der Waals surface area contributed by atoms with Gasteiger partial charge in [0.1, 0.15) is 0 Å². The Morgan fingerprint density at radius 1 is 1.27 bits per heavy atom. The average Bonchev–Trinajstić information content (AvgIpc) is 3.39. The van der Waals surface area contributed by atoms with Gasteiger partial charge in [0.15, 0.2) is 5.69 Å². The summed E-state index contributed by atoms with van der Waals surface area (Å²) in [6.07, 6.45) is 4.43. The summed E-state index contributed by atoms with van der Waals surface area (Å²) in [5.41, 5.74) is 0.420. The molecule has 114 valence electrons. The monoisotopic (exact) mass is 297 g/mol. The van der Waals surface area contributed by atoms with Crippen LogP contribution in [0, 0.1) is 5.92 Å². The number of nitrogens with one attached hydrogen (secondary N) is 1. The van der Waals surface area contributed by atoms with Gasteiger partial charge in [0.2, 0.25) is 5.43 Å². The van der Waals surface area contributed by atoms with Crippen LogP contribution < -0.4 is 5.43 Å². The number of hydrogen-bond acceptors (Lipinski definition) is 3. The van der Waals surface area contributed by atoms with Crippen LogP contribution in [0.3, 0.4) is 0 Å². The number of amides is 1. The Kier molecular flexibility index (Phi) is 3.03. The lowest BCUT2D eigenvalue weighted by Crippen LogP contribution is -2.44. The Labute approximate surface area is 128 Å². The Morgan fingerprint density at radius 2 is 2.00 bits per heavy atom. The van der Waals surface area contributed by atoms with E-state index in [9.17, 15) is 9.59 Å². The molecule has 1 atom stereocenters. The quantitative estimate of drug-likeness (QED) is 0.942. The first kappa shape index (κ1) is 13.5. The van der Waals surface area contributed by atoms with Gasteiger partial charge in [-0.25, -0.2) is 0 Å². The van der Waals surface area contributed by atoms with E-state index in [0.29, 0.717) is 16.8 Å². The summed E-state index contributed by atoms with van der Waals surface area (Å²) >= 11 is 0. The molecule has 0 radical (unpaired) electrons. The highest BCUT2D eigenvalue weighted by Crippen LogP contribution is 2.40. The number of fused-ring (bicyclic) bond motifs is 1. The van der Waals surface area contributed by atoms with Crippen molar-refractivity contribution in [3.8, 4) is 0 Å². The summed E-state index contributed by atoms with van der Waals surface area (Å²) in [4.78, 5) is 27.4. The molecule has 1 N–H and O–H groups in total. The van der Waals surface area contributed by atoms with Crippen molar-refractivity contribution in [2.45, 2.75) is 44.7 Å². The third-order valence-corrected chi connectivity index (χ3v) is 4.80. The van der Waals surface area contributed by atoms with E-state index < -0.39 is 0 Å². The van der Waals surface area contributed by atoms with Crippen LogP contribution in [0.1, 0.15) is 43.1 Å². The van der Waals surface area contributed by atoms with Crippen molar-refractivity contribution in [2.75, 3.05) is 0 Å². The van der Waals surface area contributed by atoms with Gasteiger partial charge < -0.3 is 4.90 Å². The minimum atomic E-state index is -0.270. The Bertz CT molecular complexity index is 790. The first-order valence-corrected chi connectivity index (χ1v) is 7.97. The summed E-state index contributed by atoms with van der Waals surface area (Å²) in [7, 11) is 0. The number of para-hydroxylation sites is 1. The summed E-state index contributed by atoms with van der Waals surface area (Å²) in [6, 6.07) is 7.66. The van der Waals surface area contributed by atoms with E-state index in [0.717, 1.165) is 12.8 Å². The molecule has 0 unspecified atom stereocenters. The zero-order chi connectivity index (χ0) is 15.3. The lowest BCUT2D eigenvalue weighted by atomic mass is 10.1. The second-order valence-corrected chi connectivity index (χ2v) is 6.47. The first-order valence-electron chi connectivity index (χ1n) is 7.97. The second-order valence-electron chi connectivity index (χ2n) is 6.47. The molecule has 2 aliphatic rings. The predicted molar refractivity (Wildman–Crippen MR) is 83.7 cm³/mol. The molecule has 1 heterocycles. The zero-order valence-electron chi connectivity index (χ0n) is 12.6. The molecule has 0 saturated heterocycles. The van der Waals surface area contributed by atoms with Crippen LogP contribution in [0.2, 0.25) is 0 Å². The molecular weight excluding hydrogens is 278 g/mol. The van der Waals surface area contributed by atoms with Gasteiger partial charge >= 0.3 is 0 Å². The van der Waals surface area contributed by atoms with Crippen molar-refractivity contribution >= 4 is 16.8 Å². The smallest absolute Gasteiger partial charge is 0.278 e.